The van der Waals surface area contributed by atoms with E-state index in [9.17, 15) is 5.11 Å². The van der Waals surface area contributed by atoms with Gasteiger partial charge in [0.05, 0.1) is 6.10 Å². The molecule has 1 aliphatic carbocycles. The maximum Gasteiger partial charge on any atom is 0.134 e. The molecule has 0 saturated heterocycles. The van der Waals surface area contributed by atoms with E-state index in [0.717, 1.165) is 48.8 Å². The van der Waals surface area contributed by atoms with Crippen LogP contribution in [0.2, 0.25) is 0 Å². The molecule has 0 aromatic carbocycles. The van der Waals surface area contributed by atoms with Gasteiger partial charge in [-0.25, -0.2) is 9.97 Å². The van der Waals surface area contributed by atoms with Crippen LogP contribution in [0.25, 0.3) is 0 Å². The molecule has 1 fully saturated rings. The predicted octanol–water partition coefficient (Wildman–Crippen LogP) is 1.71. The van der Waals surface area contributed by atoms with E-state index in [1.165, 1.54) is 0 Å². The smallest absolute Gasteiger partial charge is 0.134 e. The first-order valence-corrected chi connectivity index (χ1v) is 6.56. The lowest BCUT2D eigenvalue weighted by molar-refractivity contribution is 0.138. The standard InChI is InChI=1S/C13H22N4O/c1-8-12(14-3)16-9(2)17-13(8)15-7-10-5-4-6-11(10)18/h10-11,18H,4-7H2,1-3H3,(H2,14,15,16,17). The Morgan fingerprint density at radius 3 is 2.56 bits per heavy atom. The molecule has 2 atom stereocenters. The minimum absolute atomic E-state index is 0.162. The Morgan fingerprint density at radius 2 is 1.94 bits per heavy atom. The second-order valence-electron chi connectivity index (χ2n) is 4.98. The number of hydrogen-bond acceptors (Lipinski definition) is 5. The Bertz CT molecular complexity index is 422. The number of aromatic nitrogens is 2. The fourth-order valence-electron chi connectivity index (χ4n) is 2.53. The molecule has 1 saturated carbocycles. The summed E-state index contributed by atoms with van der Waals surface area (Å²) < 4.78 is 0. The molecule has 0 radical (unpaired) electrons. The first kappa shape index (κ1) is 13.1. The Hall–Kier alpha value is -1.36. The fourth-order valence-corrected chi connectivity index (χ4v) is 2.53. The molecular formula is C13H22N4O. The van der Waals surface area contributed by atoms with Crippen LogP contribution in [0.1, 0.15) is 30.7 Å². The van der Waals surface area contributed by atoms with Gasteiger partial charge in [0.1, 0.15) is 17.5 Å². The number of aliphatic hydroxyl groups excluding tert-OH is 1. The number of hydrogen-bond donors (Lipinski definition) is 3. The molecule has 3 N–H and O–H groups in total. The van der Waals surface area contributed by atoms with Gasteiger partial charge in [0.2, 0.25) is 0 Å². The van der Waals surface area contributed by atoms with Gasteiger partial charge in [-0.3, -0.25) is 0 Å². The lowest BCUT2D eigenvalue weighted by Crippen LogP contribution is -2.23. The number of nitrogens with one attached hydrogen (secondary N) is 2. The Morgan fingerprint density at radius 1 is 1.22 bits per heavy atom. The van der Waals surface area contributed by atoms with Crippen LogP contribution in [0, 0.1) is 19.8 Å². The minimum Gasteiger partial charge on any atom is -0.393 e. The first-order chi connectivity index (χ1) is 8.61. The molecule has 5 nitrogen and oxygen atoms in total. The molecule has 100 valence electrons. The van der Waals surface area contributed by atoms with Crippen molar-refractivity contribution in [2.75, 3.05) is 24.2 Å². The zero-order valence-electron chi connectivity index (χ0n) is 11.3. The summed E-state index contributed by atoms with van der Waals surface area (Å²) >= 11 is 0. The van der Waals surface area contributed by atoms with E-state index in [1.807, 2.05) is 20.9 Å². The maximum atomic E-state index is 9.81. The Balaban J connectivity index is 2.06. The highest BCUT2D eigenvalue weighted by molar-refractivity contribution is 5.56. The average molecular weight is 250 g/mol. The second-order valence-corrected chi connectivity index (χ2v) is 4.98. The first-order valence-electron chi connectivity index (χ1n) is 6.56. The zero-order chi connectivity index (χ0) is 13.1. The predicted molar refractivity (Wildman–Crippen MR) is 72.9 cm³/mol. The Labute approximate surface area is 108 Å². The molecular weight excluding hydrogens is 228 g/mol. The number of nitrogens with zero attached hydrogens (tertiary/aromatic N) is 2. The number of anilines is 2. The van der Waals surface area contributed by atoms with Crippen LogP contribution in [-0.4, -0.2) is 34.8 Å². The van der Waals surface area contributed by atoms with Gasteiger partial charge < -0.3 is 15.7 Å². The third-order valence-corrected chi connectivity index (χ3v) is 3.65. The van der Waals surface area contributed by atoms with Gasteiger partial charge in [-0.15, -0.1) is 0 Å². The van der Waals surface area contributed by atoms with E-state index in [4.69, 9.17) is 0 Å². The molecule has 1 aromatic rings. The summed E-state index contributed by atoms with van der Waals surface area (Å²) in [5.74, 6) is 2.82. The van der Waals surface area contributed by atoms with E-state index >= 15 is 0 Å². The molecule has 1 aliphatic rings. The molecule has 0 spiro atoms. The summed E-state index contributed by atoms with van der Waals surface area (Å²) in [6.07, 6.45) is 2.98. The molecule has 0 aliphatic heterocycles. The van der Waals surface area contributed by atoms with Crippen LogP contribution in [0.4, 0.5) is 11.6 Å². The van der Waals surface area contributed by atoms with Gasteiger partial charge in [-0.05, 0) is 26.7 Å². The summed E-state index contributed by atoms with van der Waals surface area (Å²) in [5.41, 5.74) is 1.02. The van der Waals surface area contributed by atoms with Gasteiger partial charge in [-0.1, -0.05) is 6.42 Å². The summed E-state index contributed by atoms with van der Waals surface area (Å²) in [4.78, 5) is 8.76. The largest absolute Gasteiger partial charge is 0.393 e. The van der Waals surface area contributed by atoms with Gasteiger partial charge >= 0.3 is 0 Å². The van der Waals surface area contributed by atoms with Gasteiger partial charge in [0, 0.05) is 25.1 Å². The maximum absolute atomic E-state index is 9.81. The Kier molecular flexibility index (Phi) is 4.01. The number of aryl methyl sites for hydroxylation is 1. The van der Waals surface area contributed by atoms with Crippen molar-refractivity contribution in [1.29, 1.82) is 0 Å². The van der Waals surface area contributed by atoms with Crippen molar-refractivity contribution in [1.82, 2.24) is 9.97 Å². The lowest BCUT2D eigenvalue weighted by Gasteiger charge is -2.17. The van der Waals surface area contributed by atoms with E-state index < -0.39 is 0 Å². The minimum atomic E-state index is -0.162. The highest BCUT2D eigenvalue weighted by Gasteiger charge is 2.25. The molecule has 0 bridgehead atoms. The lowest BCUT2D eigenvalue weighted by atomic mass is 10.1. The van der Waals surface area contributed by atoms with E-state index in [-0.39, 0.29) is 6.10 Å². The van der Waals surface area contributed by atoms with E-state index in [2.05, 4.69) is 20.6 Å². The summed E-state index contributed by atoms with van der Waals surface area (Å²) in [6.45, 7) is 4.66. The zero-order valence-corrected chi connectivity index (χ0v) is 11.3. The van der Waals surface area contributed by atoms with Crippen molar-refractivity contribution in [2.24, 2.45) is 5.92 Å². The topological polar surface area (TPSA) is 70.1 Å². The molecule has 1 heterocycles. The van der Waals surface area contributed by atoms with Crippen LogP contribution in [0.15, 0.2) is 0 Å². The second kappa shape index (κ2) is 5.52. The van der Waals surface area contributed by atoms with Crippen molar-refractivity contribution in [2.45, 2.75) is 39.2 Å². The van der Waals surface area contributed by atoms with Crippen molar-refractivity contribution in [3.8, 4) is 0 Å². The van der Waals surface area contributed by atoms with Gasteiger partial charge in [0.15, 0.2) is 0 Å². The quantitative estimate of drug-likeness (QED) is 0.759. The molecule has 2 unspecified atom stereocenters. The summed E-state index contributed by atoms with van der Waals surface area (Å²) in [6, 6.07) is 0. The van der Waals surface area contributed by atoms with Crippen molar-refractivity contribution in [3.05, 3.63) is 11.4 Å². The van der Waals surface area contributed by atoms with Crippen LogP contribution in [-0.2, 0) is 0 Å². The van der Waals surface area contributed by atoms with Crippen molar-refractivity contribution < 1.29 is 5.11 Å². The third-order valence-electron chi connectivity index (χ3n) is 3.65. The van der Waals surface area contributed by atoms with Crippen LogP contribution < -0.4 is 10.6 Å². The number of aliphatic hydroxyl groups is 1. The van der Waals surface area contributed by atoms with Crippen LogP contribution in [0.3, 0.4) is 0 Å². The van der Waals surface area contributed by atoms with E-state index in [1.54, 1.807) is 0 Å². The summed E-state index contributed by atoms with van der Waals surface area (Å²) in [7, 11) is 1.86. The summed E-state index contributed by atoms with van der Waals surface area (Å²) in [5, 5.41) is 16.2. The monoisotopic (exact) mass is 250 g/mol. The molecule has 2 rings (SSSR count). The number of rotatable bonds is 4. The SMILES string of the molecule is CNc1nc(C)nc(NCC2CCCC2O)c1C. The highest BCUT2D eigenvalue weighted by atomic mass is 16.3. The van der Waals surface area contributed by atoms with Gasteiger partial charge in [0.25, 0.3) is 0 Å². The van der Waals surface area contributed by atoms with Crippen LogP contribution >= 0.6 is 0 Å². The third kappa shape index (κ3) is 2.72. The van der Waals surface area contributed by atoms with Crippen molar-refractivity contribution in [3.63, 3.8) is 0 Å². The average Bonchev–Trinajstić information content (AvgIpc) is 2.75. The molecule has 1 aromatic heterocycles. The van der Waals surface area contributed by atoms with Crippen molar-refractivity contribution >= 4 is 11.6 Å². The molecule has 18 heavy (non-hydrogen) atoms. The normalized spacial score (nSPS) is 23.1. The highest BCUT2D eigenvalue weighted by Crippen LogP contribution is 2.26. The van der Waals surface area contributed by atoms with Gasteiger partial charge in [-0.2, -0.15) is 0 Å². The molecule has 5 heteroatoms. The van der Waals surface area contributed by atoms with Crippen LogP contribution in [0.5, 0.6) is 0 Å². The molecule has 0 amide bonds. The van der Waals surface area contributed by atoms with E-state index in [0.29, 0.717) is 5.92 Å². The fraction of sp³-hybridized carbons (Fsp3) is 0.692.